The minimum absolute atomic E-state index is 0.0205. The van der Waals surface area contributed by atoms with Crippen molar-refractivity contribution in [3.8, 4) is 11.1 Å². The molecule has 0 aliphatic carbocycles. The van der Waals surface area contributed by atoms with Crippen LogP contribution in [0.1, 0.15) is 31.0 Å². The highest BCUT2D eigenvalue weighted by Gasteiger charge is 2.38. The van der Waals surface area contributed by atoms with E-state index in [4.69, 9.17) is 4.98 Å². The van der Waals surface area contributed by atoms with E-state index in [0.29, 0.717) is 30.2 Å². The average molecular weight is 445 g/mol. The second-order valence-corrected chi connectivity index (χ2v) is 9.71. The molecular weight excluding hydrogens is 419 g/mol. The standard InChI is InChI=1S/C21H25FN6O2S/c1-26(2)21-23-12-17(15-7-9-16(22)10-8-15)20(25-21)18-6-4-5-11-28(18)31(29,30)19-13-27(3)14-24-19/h7-10,12-14,18H,4-6,11H2,1-3H3/t18-/m0/s1. The summed E-state index contributed by atoms with van der Waals surface area (Å²) in [7, 11) is 1.59. The molecule has 0 amide bonds. The topological polar surface area (TPSA) is 84.2 Å². The van der Waals surface area contributed by atoms with Crippen molar-refractivity contribution in [2.45, 2.75) is 30.3 Å². The number of aromatic nitrogens is 4. The lowest BCUT2D eigenvalue weighted by molar-refractivity contribution is 0.251. The molecule has 1 aliphatic heterocycles. The van der Waals surface area contributed by atoms with Crippen LogP contribution < -0.4 is 4.90 Å². The lowest BCUT2D eigenvalue weighted by Crippen LogP contribution is -2.39. The third-order valence-electron chi connectivity index (χ3n) is 5.38. The average Bonchev–Trinajstić information content (AvgIpc) is 3.21. The summed E-state index contributed by atoms with van der Waals surface area (Å²) >= 11 is 0. The summed E-state index contributed by atoms with van der Waals surface area (Å²) in [6.45, 7) is 0.383. The first-order valence-electron chi connectivity index (χ1n) is 10.1. The lowest BCUT2D eigenvalue weighted by atomic mass is 9.95. The van der Waals surface area contributed by atoms with Gasteiger partial charge in [-0.05, 0) is 30.5 Å². The van der Waals surface area contributed by atoms with E-state index in [0.717, 1.165) is 18.4 Å². The van der Waals surface area contributed by atoms with Gasteiger partial charge in [0, 0.05) is 45.6 Å². The van der Waals surface area contributed by atoms with Crippen molar-refractivity contribution >= 4 is 16.0 Å². The second-order valence-electron chi connectivity index (χ2n) is 7.87. The molecule has 1 aromatic carbocycles. The smallest absolute Gasteiger partial charge is 0.262 e. The molecule has 0 saturated carbocycles. The van der Waals surface area contributed by atoms with Crippen molar-refractivity contribution in [1.29, 1.82) is 0 Å². The van der Waals surface area contributed by atoms with Gasteiger partial charge in [0.25, 0.3) is 10.0 Å². The van der Waals surface area contributed by atoms with Gasteiger partial charge in [-0.2, -0.15) is 4.31 Å². The molecule has 1 saturated heterocycles. The maximum atomic E-state index is 13.5. The number of hydrogen-bond donors (Lipinski definition) is 0. The van der Waals surface area contributed by atoms with E-state index in [1.165, 1.54) is 29.0 Å². The summed E-state index contributed by atoms with van der Waals surface area (Å²) in [5.74, 6) is 0.148. The van der Waals surface area contributed by atoms with Gasteiger partial charge in [-0.15, -0.1) is 0 Å². The summed E-state index contributed by atoms with van der Waals surface area (Å²) in [5.41, 5.74) is 2.05. The van der Waals surface area contributed by atoms with Crippen molar-refractivity contribution in [3.63, 3.8) is 0 Å². The fourth-order valence-corrected chi connectivity index (χ4v) is 5.44. The van der Waals surface area contributed by atoms with Gasteiger partial charge in [-0.3, -0.25) is 0 Å². The number of hydrogen-bond acceptors (Lipinski definition) is 6. The maximum Gasteiger partial charge on any atom is 0.262 e. The molecule has 0 radical (unpaired) electrons. The molecule has 31 heavy (non-hydrogen) atoms. The first kappa shape index (κ1) is 21.4. The second kappa shape index (κ2) is 8.35. The maximum absolute atomic E-state index is 13.5. The predicted molar refractivity (Wildman–Crippen MR) is 115 cm³/mol. The molecule has 1 fully saturated rings. The Morgan fingerprint density at radius 3 is 2.52 bits per heavy atom. The first-order valence-corrected chi connectivity index (χ1v) is 11.5. The number of sulfonamides is 1. The Morgan fingerprint density at radius 2 is 1.87 bits per heavy atom. The molecule has 10 heteroatoms. The van der Waals surface area contributed by atoms with Crippen LogP contribution in [0.2, 0.25) is 0 Å². The zero-order valence-electron chi connectivity index (χ0n) is 17.7. The van der Waals surface area contributed by atoms with Crippen molar-refractivity contribution in [2.24, 2.45) is 7.05 Å². The third-order valence-corrected chi connectivity index (χ3v) is 7.18. The number of rotatable bonds is 5. The van der Waals surface area contributed by atoms with Crippen molar-refractivity contribution < 1.29 is 12.8 Å². The van der Waals surface area contributed by atoms with E-state index >= 15 is 0 Å². The highest BCUT2D eigenvalue weighted by Crippen LogP contribution is 2.39. The van der Waals surface area contributed by atoms with Gasteiger partial charge in [-0.25, -0.2) is 27.8 Å². The van der Waals surface area contributed by atoms with Crippen molar-refractivity contribution in [3.05, 3.63) is 54.5 Å². The molecule has 3 heterocycles. The normalized spacial score (nSPS) is 17.6. The van der Waals surface area contributed by atoms with Crippen LogP contribution in [0.15, 0.2) is 48.0 Å². The Hall–Kier alpha value is -2.85. The number of nitrogens with zero attached hydrogens (tertiary/aromatic N) is 6. The fourth-order valence-electron chi connectivity index (χ4n) is 3.81. The van der Waals surface area contributed by atoms with E-state index in [9.17, 15) is 12.8 Å². The molecule has 4 rings (SSSR count). The van der Waals surface area contributed by atoms with E-state index in [1.54, 1.807) is 34.8 Å². The Labute approximate surface area is 181 Å². The van der Waals surface area contributed by atoms with Crippen LogP contribution in [-0.4, -0.2) is 52.9 Å². The molecule has 2 aromatic heterocycles. The summed E-state index contributed by atoms with van der Waals surface area (Å²) in [4.78, 5) is 15.0. The number of benzene rings is 1. The van der Waals surface area contributed by atoms with Crippen LogP contribution >= 0.6 is 0 Å². The molecule has 0 bridgehead atoms. The molecule has 164 valence electrons. The minimum atomic E-state index is -3.81. The van der Waals surface area contributed by atoms with Crippen LogP contribution in [0.25, 0.3) is 11.1 Å². The van der Waals surface area contributed by atoms with Gasteiger partial charge in [0.1, 0.15) is 5.82 Å². The molecule has 3 aromatic rings. The minimum Gasteiger partial charge on any atom is -0.347 e. The SMILES string of the molecule is CN(C)c1ncc(-c2ccc(F)cc2)c([C@@H]2CCCCN2S(=O)(=O)c2cn(C)cn2)n1. The summed E-state index contributed by atoms with van der Waals surface area (Å²) in [6, 6.07) is 5.60. The lowest BCUT2D eigenvalue weighted by Gasteiger charge is -2.34. The largest absolute Gasteiger partial charge is 0.347 e. The number of imidazole rings is 1. The van der Waals surface area contributed by atoms with E-state index in [2.05, 4.69) is 9.97 Å². The van der Waals surface area contributed by atoms with E-state index in [-0.39, 0.29) is 10.8 Å². The zero-order valence-corrected chi connectivity index (χ0v) is 18.5. The number of piperidine rings is 1. The fraction of sp³-hybridized carbons (Fsp3) is 0.381. The van der Waals surface area contributed by atoms with Gasteiger partial charge in [-0.1, -0.05) is 18.6 Å². The molecular formula is C21H25FN6O2S. The van der Waals surface area contributed by atoms with Gasteiger partial charge < -0.3 is 9.47 Å². The van der Waals surface area contributed by atoms with Gasteiger partial charge in [0.05, 0.1) is 18.1 Å². The van der Waals surface area contributed by atoms with Gasteiger partial charge >= 0.3 is 0 Å². The number of anilines is 1. The highest BCUT2D eigenvalue weighted by molar-refractivity contribution is 7.89. The van der Waals surface area contributed by atoms with Crippen molar-refractivity contribution in [1.82, 2.24) is 23.8 Å². The number of aryl methyl sites for hydroxylation is 1. The Bertz CT molecular complexity index is 1180. The Morgan fingerprint density at radius 1 is 1.13 bits per heavy atom. The van der Waals surface area contributed by atoms with Crippen LogP contribution in [0, 0.1) is 5.82 Å². The number of halogens is 1. The summed E-state index contributed by atoms with van der Waals surface area (Å²) in [6.07, 6.45) is 6.94. The van der Waals surface area contributed by atoms with Crippen LogP contribution in [0.5, 0.6) is 0 Å². The van der Waals surface area contributed by atoms with Crippen LogP contribution in [-0.2, 0) is 17.1 Å². The monoisotopic (exact) mass is 444 g/mol. The zero-order chi connectivity index (χ0) is 22.2. The summed E-state index contributed by atoms with van der Waals surface area (Å²) < 4.78 is 43.5. The summed E-state index contributed by atoms with van der Waals surface area (Å²) in [5, 5.41) is 0.0205. The van der Waals surface area contributed by atoms with E-state index in [1.807, 2.05) is 14.1 Å². The van der Waals surface area contributed by atoms with Gasteiger partial charge in [0.15, 0.2) is 5.03 Å². The Balaban J connectivity index is 1.85. The quantitative estimate of drug-likeness (QED) is 0.602. The van der Waals surface area contributed by atoms with Crippen molar-refractivity contribution in [2.75, 3.05) is 25.5 Å². The predicted octanol–water partition coefficient (Wildman–Crippen LogP) is 3.00. The third kappa shape index (κ3) is 4.17. The van der Waals surface area contributed by atoms with Gasteiger partial charge in [0.2, 0.25) is 5.95 Å². The first-order chi connectivity index (χ1) is 14.8. The molecule has 1 atom stereocenters. The Kier molecular flexibility index (Phi) is 5.76. The molecule has 8 nitrogen and oxygen atoms in total. The molecule has 1 aliphatic rings. The van der Waals surface area contributed by atoms with Crippen LogP contribution in [0.3, 0.4) is 0 Å². The molecule has 0 unspecified atom stereocenters. The van der Waals surface area contributed by atoms with E-state index < -0.39 is 16.1 Å². The molecule has 0 spiro atoms. The molecule has 0 N–H and O–H groups in total. The van der Waals surface area contributed by atoms with Crippen LogP contribution in [0.4, 0.5) is 10.3 Å². The highest BCUT2D eigenvalue weighted by atomic mass is 32.2.